The van der Waals surface area contributed by atoms with Crippen molar-refractivity contribution in [2.45, 2.75) is 6.61 Å². The van der Waals surface area contributed by atoms with Crippen LogP contribution in [0.2, 0.25) is 0 Å². The van der Waals surface area contributed by atoms with Gasteiger partial charge in [0, 0.05) is 6.07 Å². The quantitative estimate of drug-likeness (QED) is 0.882. The van der Waals surface area contributed by atoms with Crippen LogP contribution in [0.3, 0.4) is 0 Å². The zero-order chi connectivity index (χ0) is 11.4. The highest BCUT2D eigenvalue weighted by Gasteiger charge is 2.01. The minimum atomic E-state index is 0.174. The molecule has 0 aliphatic carbocycles. The molecule has 0 aliphatic rings. The van der Waals surface area contributed by atoms with E-state index < -0.39 is 0 Å². The number of benzene rings is 1. The number of hydrogen-bond donors (Lipinski definition) is 1. The first kappa shape index (κ1) is 11.2. The van der Waals surface area contributed by atoms with Crippen molar-refractivity contribution >= 4 is 22.6 Å². The van der Waals surface area contributed by atoms with E-state index >= 15 is 0 Å². The van der Waals surface area contributed by atoms with Gasteiger partial charge >= 0.3 is 0 Å². The number of hydrogen-bond acceptors (Lipinski definition) is 3. The second-order valence-electron chi connectivity index (χ2n) is 3.25. The highest BCUT2D eigenvalue weighted by Crippen LogP contribution is 2.22. The average Bonchev–Trinajstić information content (AvgIpc) is 2.32. The lowest BCUT2D eigenvalue weighted by Gasteiger charge is -2.05. The summed E-state index contributed by atoms with van der Waals surface area (Å²) in [7, 11) is 0. The summed E-state index contributed by atoms with van der Waals surface area (Å²) in [6.45, 7) is 0.481. The molecule has 1 aromatic carbocycles. The molecule has 0 amide bonds. The van der Waals surface area contributed by atoms with Crippen LogP contribution in [-0.4, -0.2) is 10.1 Å². The molecule has 0 fully saturated rings. The second kappa shape index (κ2) is 5.16. The third kappa shape index (κ3) is 2.85. The van der Waals surface area contributed by atoms with E-state index in [1.807, 2.05) is 52.9 Å². The van der Waals surface area contributed by atoms with Crippen LogP contribution in [-0.2, 0) is 6.61 Å². The molecule has 1 heterocycles. The van der Waals surface area contributed by atoms with Crippen LogP contribution in [0.15, 0.2) is 42.6 Å². The monoisotopic (exact) mass is 327 g/mol. The van der Waals surface area contributed by atoms with Crippen LogP contribution in [0.5, 0.6) is 11.6 Å². The number of aromatic hydroxyl groups is 1. The third-order valence-electron chi connectivity index (χ3n) is 2.04. The van der Waals surface area contributed by atoms with Crippen molar-refractivity contribution in [1.82, 2.24) is 4.98 Å². The smallest absolute Gasteiger partial charge is 0.214 e. The van der Waals surface area contributed by atoms with Gasteiger partial charge in [0.2, 0.25) is 5.88 Å². The van der Waals surface area contributed by atoms with E-state index in [0.717, 1.165) is 9.13 Å². The largest absolute Gasteiger partial charge is 0.505 e. The number of halogens is 1. The summed E-state index contributed by atoms with van der Waals surface area (Å²) >= 11 is 2.03. The molecule has 3 nitrogen and oxygen atoms in total. The summed E-state index contributed by atoms with van der Waals surface area (Å²) < 4.78 is 6.23. The molecule has 0 radical (unpaired) electrons. The molecular formula is C12H10INO2. The van der Waals surface area contributed by atoms with Gasteiger partial charge in [0.1, 0.15) is 12.4 Å². The molecule has 0 saturated carbocycles. The number of ether oxygens (including phenoxy) is 1. The molecule has 0 aliphatic heterocycles. The maximum Gasteiger partial charge on any atom is 0.214 e. The van der Waals surface area contributed by atoms with Crippen LogP contribution >= 0.6 is 22.6 Å². The molecule has 16 heavy (non-hydrogen) atoms. The van der Waals surface area contributed by atoms with Gasteiger partial charge in [-0.15, -0.1) is 0 Å². The third-order valence-corrected chi connectivity index (χ3v) is 2.90. The Morgan fingerprint density at radius 1 is 1.25 bits per heavy atom. The first-order valence-corrected chi connectivity index (χ1v) is 5.85. The fraction of sp³-hybridized carbons (Fsp3) is 0.0833. The molecule has 1 N–H and O–H groups in total. The van der Waals surface area contributed by atoms with Crippen LogP contribution in [0.1, 0.15) is 5.56 Å². The van der Waals surface area contributed by atoms with Gasteiger partial charge in [-0.1, -0.05) is 30.3 Å². The Balaban J connectivity index is 2.03. The van der Waals surface area contributed by atoms with Gasteiger partial charge in [-0.05, 0) is 28.2 Å². The van der Waals surface area contributed by atoms with Crippen molar-refractivity contribution in [3.8, 4) is 11.6 Å². The molecule has 0 bridgehead atoms. The first-order valence-electron chi connectivity index (χ1n) is 4.77. The molecule has 0 unspecified atom stereocenters. The topological polar surface area (TPSA) is 42.4 Å². The second-order valence-corrected chi connectivity index (χ2v) is 4.41. The maximum absolute atomic E-state index is 9.30. The predicted octanol–water partition coefficient (Wildman–Crippen LogP) is 2.97. The van der Waals surface area contributed by atoms with Crippen molar-refractivity contribution < 1.29 is 9.84 Å². The maximum atomic E-state index is 9.30. The fourth-order valence-electron chi connectivity index (χ4n) is 1.22. The highest BCUT2D eigenvalue weighted by molar-refractivity contribution is 14.1. The summed E-state index contributed by atoms with van der Waals surface area (Å²) in [5.74, 6) is 0.693. The van der Waals surface area contributed by atoms with E-state index in [4.69, 9.17) is 4.74 Å². The summed E-state index contributed by atoms with van der Waals surface area (Å²) in [5.41, 5.74) is 1.09. The fourth-order valence-corrected chi connectivity index (χ4v) is 1.62. The van der Waals surface area contributed by atoms with E-state index in [9.17, 15) is 5.11 Å². The molecular weight excluding hydrogens is 317 g/mol. The van der Waals surface area contributed by atoms with Crippen LogP contribution in [0.25, 0.3) is 0 Å². The average molecular weight is 327 g/mol. The van der Waals surface area contributed by atoms with E-state index in [1.54, 1.807) is 6.07 Å². The van der Waals surface area contributed by atoms with Gasteiger partial charge in [-0.25, -0.2) is 4.98 Å². The van der Waals surface area contributed by atoms with Crippen molar-refractivity contribution in [2.24, 2.45) is 0 Å². The molecule has 1 aromatic heterocycles. The first-order chi connectivity index (χ1) is 7.75. The lowest BCUT2D eigenvalue weighted by molar-refractivity contribution is 0.292. The van der Waals surface area contributed by atoms with Gasteiger partial charge in [0.05, 0.1) is 9.77 Å². The molecule has 82 valence electrons. The SMILES string of the molecule is Oc1cnc(OCc2ccccc2)cc1I. The van der Waals surface area contributed by atoms with E-state index in [-0.39, 0.29) is 5.75 Å². The van der Waals surface area contributed by atoms with Crippen molar-refractivity contribution in [3.63, 3.8) is 0 Å². The van der Waals surface area contributed by atoms with E-state index in [0.29, 0.717) is 12.5 Å². The molecule has 0 spiro atoms. The number of aromatic nitrogens is 1. The summed E-state index contributed by atoms with van der Waals surface area (Å²) in [6, 6.07) is 11.6. The lowest BCUT2D eigenvalue weighted by Crippen LogP contribution is -1.97. The summed E-state index contributed by atoms with van der Waals surface area (Å²) in [4.78, 5) is 3.98. The van der Waals surface area contributed by atoms with Gasteiger partial charge in [0.25, 0.3) is 0 Å². The zero-order valence-corrected chi connectivity index (χ0v) is 10.6. The molecule has 2 aromatic rings. The van der Waals surface area contributed by atoms with Crippen molar-refractivity contribution in [3.05, 3.63) is 51.7 Å². The number of rotatable bonds is 3. The Morgan fingerprint density at radius 2 is 2.00 bits per heavy atom. The Kier molecular flexibility index (Phi) is 3.61. The van der Waals surface area contributed by atoms with Crippen LogP contribution in [0, 0.1) is 3.57 Å². The highest BCUT2D eigenvalue weighted by atomic mass is 127. The minimum Gasteiger partial charge on any atom is -0.505 e. The van der Waals surface area contributed by atoms with Crippen molar-refractivity contribution in [1.29, 1.82) is 0 Å². The van der Waals surface area contributed by atoms with Crippen LogP contribution < -0.4 is 4.74 Å². The lowest BCUT2D eigenvalue weighted by atomic mass is 10.2. The van der Waals surface area contributed by atoms with E-state index in [2.05, 4.69) is 4.98 Å². The van der Waals surface area contributed by atoms with Crippen LogP contribution in [0.4, 0.5) is 0 Å². The van der Waals surface area contributed by atoms with Gasteiger partial charge in [-0.2, -0.15) is 0 Å². The van der Waals surface area contributed by atoms with Gasteiger partial charge in [0.15, 0.2) is 0 Å². The normalized spacial score (nSPS) is 10.1. The molecule has 2 rings (SSSR count). The van der Waals surface area contributed by atoms with Crippen molar-refractivity contribution in [2.75, 3.05) is 0 Å². The molecule has 0 atom stereocenters. The number of pyridine rings is 1. The number of nitrogens with zero attached hydrogens (tertiary/aromatic N) is 1. The standard InChI is InChI=1S/C12H10INO2/c13-10-6-12(14-7-11(10)15)16-8-9-4-2-1-3-5-9/h1-7,15H,8H2. The Bertz CT molecular complexity index is 474. The van der Waals surface area contributed by atoms with Gasteiger partial charge in [-0.3, -0.25) is 0 Å². The van der Waals surface area contributed by atoms with E-state index in [1.165, 1.54) is 6.20 Å². The minimum absolute atomic E-state index is 0.174. The predicted molar refractivity (Wildman–Crippen MR) is 69.4 cm³/mol. The summed E-state index contributed by atoms with van der Waals surface area (Å²) in [6.07, 6.45) is 1.39. The zero-order valence-electron chi connectivity index (χ0n) is 8.43. The molecule has 0 saturated heterocycles. The van der Waals surface area contributed by atoms with Gasteiger partial charge < -0.3 is 9.84 Å². The summed E-state index contributed by atoms with van der Waals surface area (Å²) in [5, 5.41) is 9.30. The Morgan fingerprint density at radius 3 is 2.69 bits per heavy atom. The molecule has 4 heteroatoms. The Labute approximate surface area is 107 Å². The Hall–Kier alpha value is -1.30.